The highest BCUT2D eigenvalue weighted by Crippen LogP contribution is 2.25. The molecular formula is C11H5F6N5O. The maximum absolute atomic E-state index is 12.4. The number of nitrogens with zero attached hydrogens (tertiary/aromatic N) is 4. The summed E-state index contributed by atoms with van der Waals surface area (Å²) in [6, 6.07) is 2.25. The number of aromatic nitrogens is 3. The lowest BCUT2D eigenvalue weighted by molar-refractivity contribution is -0.167. The van der Waals surface area contributed by atoms with Gasteiger partial charge in [0, 0.05) is 0 Å². The van der Waals surface area contributed by atoms with E-state index in [1.165, 1.54) is 11.4 Å². The zero-order valence-corrected chi connectivity index (χ0v) is 10.8. The third-order valence-corrected chi connectivity index (χ3v) is 2.55. The van der Waals surface area contributed by atoms with E-state index in [2.05, 4.69) is 9.97 Å². The van der Waals surface area contributed by atoms with E-state index in [-0.39, 0.29) is 11.2 Å². The second-order valence-electron chi connectivity index (χ2n) is 4.28. The van der Waals surface area contributed by atoms with Crippen LogP contribution in [0.5, 0.6) is 0 Å². The summed E-state index contributed by atoms with van der Waals surface area (Å²) in [4.78, 5) is 18.0. The van der Waals surface area contributed by atoms with Gasteiger partial charge in [-0.25, -0.2) is 9.97 Å². The van der Waals surface area contributed by atoms with Crippen LogP contribution < -0.4 is 5.32 Å². The van der Waals surface area contributed by atoms with Gasteiger partial charge in [0.1, 0.15) is 18.1 Å². The van der Waals surface area contributed by atoms with Crippen molar-refractivity contribution >= 4 is 22.8 Å². The van der Waals surface area contributed by atoms with Crippen LogP contribution in [0, 0.1) is 11.3 Å². The minimum absolute atomic E-state index is 0.203. The fourth-order valence-corrected chi connectivity index (χ4v) is 1.67. The topological polar surface area (TPSA) is 83.6 Å². The first kappa shape index (κ1) is 16.5. The minimum atomic E-state index is -5.20. The van der Waals surface area contributed by atoms with Crippen LogP contribution in [-0.4, -0.2) is 32.8 Å². The quantitative estimate of drug-likeness (QED) is 0.853. The van der Waals surface area contributed by atoms with Gasteiger partial charge in [0.2, 0.25) is 0 Å². The second kappa shape index (κ2) is 5.41. The van der Waals surface area contributed by atoms with Crippen LogP contribution in [0.2, 0.25) is 0 Å². The summed E-state index contributed by atoms with van der Waals surface area (Å²) in [5.41, 5.74) is -1.81. The molecule has 0 fully saturated rings. The average molecular weight is 337 g/mol. The number of carbonyl (C=O) groups is 1. The van der Waals surface area contributed by atoms with Gasteiger partial charge in [-0.1, -0.05) is 0 Å². The van der Waals surface area contributed by atoms with Crippen LogP contribution in [0.25, 0.3) is 11.2 Å². The molecule has 6 nitrogen and oxygen atoms in total. The summed E-state index contributed by atoms with van der Waals surface area (Å²) in [7, 11) is 0. The Hall–Kier alpha value is -2.84. The summed E-state index contributed by atoms with van der Waals surface area (Å²) < 4.78 is 74.4. The number of hydrogen-bond acceptors (Lipinski definition) is 4. The van der Waals surface area contributed by atoms with Crippen molar-refractivity contribution in [2.45, 2.75) is 18.9 Å². The molecule has 0 saturated carbocycles. The van der Waals surface area contributed by atoms with Gasteiger partial charge in [-0.2, -0.15) is 31.6 Å². The van der Waals surface area contributed by atoms with Gasteiger partial charge in [0.15, 0.2) is 11.3 Å². The number of halogens is 6. The predicted octanol–water partition coefficient (Wildman–Crippen LogP) is 2.37. The van der Waals surface area contributed by atoms with Crippen molar-refractivity contribution in [2.24, 2.45) is 0 Å². The smallest absolute Gasteiger partial charge is 0.316 e. The average Bonchev–Trinajstić information content (AvgIpc) is 2.77. The molecule has 2 rings (SSSR count). The fourth-order valence-electron chi connectivity index (χ4n) is 1.67. The number of alkyl halides is 6. The molecule has 122 valence electrons. The third-order valence-electron chi connectivity index (χ3n) is 2.55. The lowest BCUT2D eigenvalue weighted by Crippen LogP contribution is -2.30. The molecule has 23 heavy (non-hydrogen) atoms. The number of fused-ring (bicyclic) bond motifs is 1. The zero-order chi connectivity index (χ0) is 17.4. The Morgan fingerprint density at radius 1 is 1.30 bits per heavy atom. The number of imidazole rings is 1. The van der Waals surface area contributed by atoms with Crippen molar-refractivity contribution < 1.29 is 31.1 Å². The van der Waals surface area contributed by atoms with Gasteiger partial charge < -0.3 is 9.88 Å². The van der Waals surface area contributed by atoms with E-state index in [9.17, 15) is 31.1 Å². The minimum Gasteiger partial charge on any atom is -0.316 e. The summed E-state index contributed by atoms with van der Waals surface area (Å²) >= 11 is 0. The van der Waals surface area contributed by atoms with Crippen LogP contribution in [-0.2, 0) is 11.3 Å². The first-order valence-corrected chi connectivity index (χ1v) is 5.72. The zero-order valence-electron chi connectivity index (χ0n) is 10.8. The Labute approximate surface area is 123 Å². The lowest BCUT2D eigenvalue weighted by Gasteiger charge is -2.10. The molecule has 0 aliphatic rings. The molecule has 12 heteroatoms. The first-order valence-electron chi connectivity index (χ1n) is 5.72. The lowest BCUT2D eigenvalue weighted by atomic mass is 10.3. The monoisotopic (exact) mass is 337 g/mol. The van der Waals surface area contributed by atoms with E-state index in [4.69, 9.17) is 5.26 Å². The van der Waals surface area contributed by atoms with E-state index in [0.717, 1.165) is 12.4 Å². The van der Waals surface area contributed by atoms with Crippen LogP contribution in [0.4, 0.5) is 32.0 Å². The molecule has 2 aromatic heterocycles. The van der Waals surface area contributed by atoms with E-state index < -0.39 is 36.2 Å². The molecule has 1 amide bonds. The van der Waals surface area contributed by atoms with Crippen LogP contribution in [0.15, 0.2) is 12.4 Å². The molecular weight excluding hydrogens is 332 g/mol. The Bertz CT molecular complexity index is 800. The summed E-state index contributed by atoms with van der Waals surface area (Å²) in [5.74, 6) is -2.34. The van der Waals surface area contributed by atoms with Gasteiger partial charge in [-0.15, -0.1) is 0 Å². The van der Waals surface area contributed by atoms with Gasteiger partial charge >= 0.3 is 18.3 Å². The highest BCUT2D eigenvalue weighted by atomic mass is 19.4. The molecule has 0 saturated heterocycles. The molecule has 0 spiro atoms. The van der Waals surface area contributed by atoms with Gasteiger partial charge in [0.05, 0.1) is 12.0 Å². The number of rotatable bonds is 2. The Morgan fingerprint density at radius 3 is 2.48 bits per heavy atom. The number of hydrogen-bond donors (Lipinski definition) is 1. The molecule has 0 aliphatic heterocycles. The van der Waals surface area contributed by atoms with E-state index in [0.29, 0.717) is 4.57 Å². The molecule has 0 aromatic carbocycles. The highest BCUT2D eigenvalue weighted by molar-refractivity contribution is 5.97. The van der Waals surface area contributed by atoms with Crippen LogP contribution in [0.3, 0.4) is 0 Å². The summed E-state index contributed by atoms with van der Waals surface area (Å²) in [5, 5.41) is 10.3. The number of anilines is 1. The molecule has 0 radical (unpaired) electrons. The van der Waals surface area contributed by atoms with Crippen LogP contribution in [0.1, 0.15) is 5.69 Å². The van der Waals surface area contributed by atoms with Crippen molar-refractivity contribution in [1.82, 2.24) is 14.5 Å². The van der Waals surface area contributed by atoms with Crippen LogP contribution >= 0.6 is 0 Å². The first-order chi connectivity index (χ1) is 10.5. The molecule has 0 bridgehead atoms. The van der Waals surface area contributed by atoms with E-state index >= 15 is 0 Å². The number of amides is 1. The van der Waals surface area contributed by atoms with Gasteiger partial charge in [0.25, 0.3) is 0 Å². The van der Waals surface area contributed by atoms with Crippen molar-refractivity contribution in [3.05, 3.63) is 18.1 Å². The second-order valence-corrected chi connectivity index (χ2v) is 4.28. The molecule has 2 aromatic rings. The van der Waals surface area contributed by atoms with Crippen molar-refractivity contribution in [2.75, 3.05) is 5.32 Å². The number of nitrogens with one attached hydrogen (secondary N) is 1. The largest absolute Gasteiger partial charge is 0.471 e. The molecule has 2 heterocycles. The maximum atomic E-state index is 12.4. The number of carbonyl (C=O) groups excluding carboxylic acids is 1. The highest BCUT2D eigenvalue weighted by Gasteiger charge is 2.39. The Balaban J connectivity index is 2.46. The molecule has 0 unspecified atom stereocenters. The van der Waals surface area contributed by atoms with E-state index in [1.54, 1.807) is 0 Å². The fraction of sp³-hybridized carbons (Fsp3) is 0.273. The molecule has 0 aliphatic carbocycles. The van der Waals surface area contributed by atoms with E-state index in [1.807, 2.05) is 0 Å². The summed E-state index contributed by atoms with van der Waals surface area (Å²) in [6.45, 7) is -1.43. The Morgan fingerprint density at radius 2 is 1.96 bits per heavy atom. The molecule has 0 atom stereocenters. The SMILES string of the molecule is N#Cc1nc2c(cc1NC(=O)C(F)(F)F)ncn2CC(F)(F)F. The summed E-state index contributed by atoms with van der Waals surface area (Å²) in [6.07, 6.45) is -9.00. The molecule has 1 N–H and O–H groups in total. The van der Waals surface area contributed by atoms with Gasteiger partial charge in [-0.3, -0.25) is 4.79 Å². The van der Waals surface area contributed by atoms with Crippen molar-refractivity contribution in [3.63, 3.8) is 0 Å². The van der Waals surface area contributed by atoms with Crippen molar-refractivity contribution in [1.29, 1.82) is 5.26 Å². The standard InChI is InChI=1S/C11H5F6N5O/c12-10(13,14)3-22-4-19-6-1-5(7(2-18)20-8(6)22)21-9(23)11(15,16)17/h1,4H,3H2,(H,21,23). The third kappa shape index (κ3) is 3.68. The van der Waals surface area contributed by atoms with Crippen molar-refractivity contribution in [3.8, 4) is 6.07 Å². The predicted molar refractivity (Wildman–Crippen MR) is 63.0 cm³/mol. The Kier molecular flexibility index (Phi) is 3.89. The number of pyridine rings is 1. The maximum Gasteiger partial charge on any atom is 0.471 e. The normalized spacial score (nSPS) is 12.2. The van der Waals surface area contributed by atoms with Gasteiger partial charge in [-0.05, 0) is 6.07 Å². The number of nitriles is 1.